The number of para-hydroxylation sites is 1. The van der Waals surface area contributed by atoms with Gasteiger partial charge in [-0.1, -0.05) is 54.6 Å². The summed E-state index contributed by atoms with van der Waals surface area (Å²) in [6.07, 6.45) is 5.96. The summed E-state index contributed by atoms with van der Waals surface area (Å²) < 4.78 is 2.08. The molecular weight excluding hydrogens is 402 g/mol. The van der Waals surface area contributed by atoms with Gasteiger partial charge in [-0.3, -0.25) is 4.79 Å². The van der Waals surface area contributed by atoms with Gasteiger partial charge in [0, 0.05) is 18.1 Å². The molecule has 2 heterocycles. The van der Waals surface area contributed by atoms with Crippen molar-refractivity contribution >= 4 is 34.6 Å². The largest absolute Gasteiger partial charge is 0.324 e. The molecule has 1 N–H and O–H groups in total. The summed E-state index contributed by atoms with van der Waals surface area (Å²) in [5, 5.41) is 3.43. The molecule has 4 nitrogen and oxygen atoms in total. The van der Waals surface area contributed by atoms with Crippen LogP contribution in [0.15, 0.2) is 113 Å². The van der Waals surface area contributed by atoms with Crippen molar-refractivity contribution in [1.29, 1.82) is 0 Å². The van der Waals surface area contributed by atoms with E-state index in [1.807, 2.05) is 73.1 Å². The monoisotopic (exact) mass is 421 g/mol. The van der Waals surface area contributed by atoms with Crippen LogP contribution in [0.5, 0.6) is 0 Å². The van der Waals surface area contributed by atoms with Crippen LogP contribution in [0.1, 0.15) is 5.56 Å². The second-order valence-electron chi connectivity index (χ2n) is 7.08. The highest BCUT2D eigenvalue weighted by Gasteiger charge is 2.23. The highest BCUT2D eigenvalue weighted by atomic mass is 32.2. The zero-order chi connectivity index (χ0) is 21.0. The number of amidine groups is 1. The first kappa shape index (κ1) is 19.2. The number of aliphatic imine (C=N–C) groups is 1. The molecule has 0 bridgehead atoms. The molecule has 4 aromatic rings. The van der Waals surface area contributed by atoms with Crippen molar-refractivity contribution in [3.63, 3.8) is 0 Å². The van der Waals surface area contributed by atoms with E-state index in [2.05, 4.69) is 51.3 Å². The molecule has 5 heteroatoms. The van der Waals surface area contributed by atoms with E-state index < -0.39 is 0 Å². The third kappa shape index (κ3) is 4.37. The molecule has 1 fully saturated rings. The Morgan fingerprint density at radius 3 is 2.10 bits per heavy atom. The maximum atomic E-state index is 12.3. The van der Waals surface area contributed by atoms with E-state index >= 15 is 0 Å². The van der Waals surface area contributed by atoms with Crippen molar-refractivity contribution in [2.75, 3.05) is 0 Å². The summed E-state index contributed by atoms with van der Waals surface area (Å²) >= 11 is 1.36. The van der Waals surface area contributed by atoms with Crippen molar-refractivity contribution in [1.82, 2.24) is 9.88 Å². The van der Waals surface area contributed by atoms with Gasteiger partial charge in [0.25, 0.3) is 5.91 Å². The number of carbonyl (C=O) groups is 1. The predicted octanol–water partition coefficient (Wildman–Crippen LogP) is 6.04. The second kappa shape index (κ2) is 8.50. The quantitative estimate of drug-likeness (QED) is 0.409. The first-order valence-corrected chi connectivity index (χ1v) is 10.7. The van der Waals surface area contributed by atoms with Gasteiger partial charge in [-0.2, -0.15) is 0 Å². The molecule has 1 aromatic heterocycles. The summed E-state index contributed by atoms with van der Waals surface area (Å²) in [7, 11) is 0. The van der Waals surface area contributed by atoms with Crippen molar-refractivity contribution in [3.8, 4) is 16.8 Å². The molecule has 150 valence electrons. The average Bonchev–Trinajstić information content (AvgIpc) is 3.46. The number of amides is 1. The van der Waals surface area contributed by atoms with Crippen molar-refractivity contribution in [2.45, 2.75) is 0 Å². The number of thioether (sulfide) groups is 1. The van der Waals surface area contributed by atoms with Crippen LogP contribution >= 0.6 is 11.8 Å². The van der Waals surface area contributed by atoms with E-state index in [0.717, 1.165) is 28.1 Å². The predicted molar refractivity (Wildman–Crippen MR) is 128 cm³/mol. The topological polar surface area (TPSA) is 46.4 Å². The number of nitrogens with zero attached hydrogens (tertiary/aromatic N) is 2. The smallest absolute Gasteiger partial charge is 0.264 e. The molecule has 5 rings (SSSR count). The fourth-order valence-electron chi connectivity index (χ4n) is 3.36. The molecular formula is C26H19N3OS. The summed E-state index contributed by atoms with van der Waals surface area (Å²) in [6.45, 7) is 0. The Balaban J connectivity index is 1.31. The van der Waals surface area contributed by atoms with Gasteiger partial charge in [-0.25, -0.2) is 4.99 Å². The Bertz CT molecular complexity index is 1260. The molecule has 1 saturated heterocycles. The molecule has 0 unspecified atom stereocenters. The zero-order valence-electron chi connectivity index (χ0n) is 16.6. The van der Waals surface area contributed by atoms with Gasteiger partial charge in [0.2, 0.25) is 0 Å². The number of nitrogens with one attached hydrogen (secondary N) is 1. The number of hydrogen-bond acceptors (Lipinski definition) is 3. The molecule has 1 aliphatic heterocycles. The molecule has 0 spiro atoms. The van der Waals surface area contributed by atoms with E-state index in [4.69, 9.17) is 0 Å². The highest BCUT2D eigenvalue weighted by Crippen LogP contribution is 2.29. The molecule has 31 heavy (non-hydrogen) atoms. The molecule has 1 amide bonds. The molecule has 0 atom stereocenters. The molecule has 0 saturated carbocycles. The third-order valence-electron chi connectivity index (χ3n) is 4.95. The van der Waals surface area contributed by atoms with Crippen LogP contribution in [-0.2, 0) is 4.79 Å². The fourth-order valence-corrected chi connectivity index (χ4v) is 4.20. The Kier molecular flexibility index (Phi) is 5.25. The maximum absolute atomic E-state index is 12.3. The number of carbonyl (C=O) groups excluding carboxylic acids is 1. The summed E-state index contributed by atoms with van der Waals surface area (Å²) in [6, 6.07) is 30.3. The average molecular weight is 422 g/mol. The van der Waals surface area contributed by atoms with Crippen LogP contribution in [0.4, 0.5) is 5.69 Å². The summed E-state index contributed by atoms with van der Waals surface area (Å²) in [4.78, 5) is 17.4. The standard InChI is InChI=1S/C26H19N3OS/c30-25-24(31-26(28-25)27-22-6-2-1-3-7-22)18-19-8-10-20(11-9-19)21-12-14-23(15-13-21)29-16-4-5-17-29/h1-18H,(H,27,28,30). The van der Waals surface area contributed by atoms with E-state index in [0.29, 0.717) is 10.1 Å². The Morgan fingerprint density at radius 2 is 1.42 bits per heavy atom. The van der Waals surface area contributed by atoms with Gasteiger partial charge in [-0.15, -0.1) is 0 Å². The van der Waals surface area contributed by atoms with Gasteiger partial charge in [0.15, 0.2) is 5.17 Å². The Hall–Kier alpha value is -3.83. The van der Waals surface area contributed by atoms with E-state index in [-0.39, 0.29) is 5.91 Å². The van der Waals surface area contributed by atoms with Gasteiger partial charge < -0.3 is 9.88 Å². The third-order valence-corrected chi connectivity index (χ3v) is 5.86. The molecule has 1 aliphatic rings. The number of benzene rings is 3. The summed E-state index contributed by atoms with van der Waals surface area (Å²) in [5.74, 6) is -0.121. The van der Waals surface area contributed by atoms with Crippen molar-refractivity contribution in [3.05, 3.63) is 114 Å². The highest BCUT2D eigenvalue weighted by molar-refractivity contribution is 8.18. The van der Waals surface area contributed by atoms with E-state index in [1.165, 1.54) is 11.8 Å². The lowest BCUT2D eigenvalue weighted by Gasteiger charge is -2.06. The number of rotatable bonds is 4. The van der Waals surface area contributed by atoms with Crippen LogP contribution < -0.4 is 5.32 Å². The van der Waals surface area contributed by atoms with E-state index in [1.54, 1.807) is 0 Å². The molecule has 0 radical (unpaired) electrons. The van der Waals surface area contributed by atoms with Crippen LogP contribution in [-0.4, -0.2) is 15.6 Å². The maximum Gasteiger partial charge on any atom is 0.264 e. The van der Waals surface area contributed by atoms with Crippen molar-refractivity contribution in [2.24, 2.45) is 4.99 Å². The fraction of sp³-hybridized carbons (Fsp3) is 0. The van der Waals surface area contributed by atoms with Gasteiger partial charge >= 0.3 is 0 Å². The minimum Gasteiger partial charge on any atom is -0.324 e. The number of hydrogen-bond donors (Lipinski definition) is 1. The number of aromatic nitrogens is 1. The lowest BCUT2D eigenvalue weighted by atomic mass is 10.0. The van der Waals surface area contributed by atoms with Gasteiger partial charge in [0.1, 0.15) is 0 Å². The lowest BCUT2D eigenvalue weighted by Crippen LogP contribution is -2.19. The molecule has 3 aromatic carbocycles. The Labute approximate surface area is 185 Å². The SMILES string of the molecule is O=C1NC(=Nc2ccccc2)SC1=Cc1ccc(-c2ccc(-n3cccc3)cc2)cc1. The van der Waals surface area contributed by atoms with Gasteiger partial charge in [0.05, 0.1) is 10.6 Å². The first-order chi connectivity index (χ1) is 15.2. The van der Waals surface area contributed by atoms with Crippen LogP contribution in [0.3, 0.4) is 0 Å². The minimum absolute atomic E-state index is 0.121. The molecule has 0 aliphatic carbocycles. The van der Waals surface area contributed by atoms with Crippen LogP contribution in [0.2, 0.25) is 0 Å². The van der Waals surface area contributed by atoms with Crippen LogP contribution in [0, 0.1) is 0 Å². The van der Waals surface area contributed by atoms with Crippen LogP contribution in [0.25, 0.3) is 22.9 Å². The van der Waals surface area contributed by atoms with Gasteiger partial charge in [-0.05, 0) is 70.9 Å². The summed E-state index contributed by atoms with van der Waals surface area (Å²) in [5.41, 5.74) is 5.22. The normalized spacial score (nSPS) is 16.1. The van der Waals surface area contributed by atoms with E-state index in [9.17, 15) is 4.79 Å². The van der Waals surface area contributed by atoms with Crippen molar-refractivity contribution < 1.29 is 4.79 Å². The Morgan fingerprint density at radius 1 is 0.774 bits per heavy atom. The lowest BCUT2D eigenvalue weighted by molar-refractivity contribution is -0.115. The first-order valence-electron chi connectivity index (χ1n) is 9.93. The zero-order valence-corrected chi connectivity index (χ0v) is 17.4. The second-order valence-corrected chi connectivity index (χ2v) is 8.11. The minimum atomic E-state index is -0.121.